The number of rotatable bonds is 6. The van der Waals surface area contributed by atoms with Crippen LogP contribution in [0, 0.1) is 0 Å². The molecule has 0 radical (unpaired) electrons. The summed E-state index contributed by atoms with van der Waals surface area (Å²) in [4.78, 5) is 26.7. The Labute approximate surface area is 231 Å². The number of halogens is 5. The first kappa shape index (κ1) is 29.9. The van der Waals surface area contributed by atoms with E-state index in [1.165, 1.54) is 17.2 Å². The summed E-state index contributed by atoms with van der Waals surface area (Å²) in [7, 11) is 5.45. The van der Waals surface area contributed by atoms with Crippen LogP contribution in [0.25, 0.3) is 0 Å². The zero-order valence-corrected chi connectivity index (χ0v) is 22.9. The lowest BCUT2D eigenvalue weighted by Gasteiger charge is -2.13. The molecule has 0 unspecified atom stereocenters. The van der Waals surface area contributed by atoms with Crippen LogP contribution in [0.4, 0.5) is 13.2 Å². The molecule has 2 aromatic carbocycles. The van der Waals surface area contributed by atoms with Crippen molar-refractivity contribution < 1.29 is 27.4 Å². The Morgan fingerprint density at radius 2 is 1.68 bits per heavy atom. The number of ether oxygens (including phenoxy) is 2. The van der Waals surface area contributed by atoms with Crippen molar-refractivity contribution in [1.29, 1.82) is 0 Å². The molecule has 4 rings (SSSR count). The van der Waals surface area contributed by atoms with Gasteiger partial charge in [0.1, 0.15) is 5.69 Å². The van der Waals surface area contributed by atoms with Gasteiger partial charge in [-0.05, 0) is 48.0 Å². The fraction of sp³-hybridized carbons (Fsp3) is 0.280. The maximum atomic E-state index is 12.9. The molecule has 0 saturated carbocycles. The van der Waals surface area contributed by atoms with Gasteiger partial charge in [-0.2, -0.15) is 13.2 Å². The highest BCUT2D eigenvalue weighted by atomic mass is 35.5. The third-order valence-corrected chi connectivity index (χ3v) is 7.76. The van der Waals surface area contributed by atoms with E-state index in [1.807, 2.05) is 0 Å². The molecule has 1 aliphatic heterocycles. The number of H-pyrrole nitrogens is 1. The zero-order chi connectivity index (χ0) is 28.2. The van der Waals surface area contributed by atoms with Crippen molar-refractivity contribution in [3.05, 3.63) is 78.7 Å². The molecular formula is C25H24Cl2F3N3O4S. The minimum absolute atomic E-state index is 0.0905. The van der Waals surface area contributed by atoms with Crippen molar-refractivity contribution in [2.75, 3.05) is 21.3 Å². The normalized spacial score (nSPS) is 13.0. The van der Waals surface area contributed by atoms with Crippen LogP contribution in [0.15, 0.2) is 44.9 Å². The van der Waals surface area contributed by atoms with Crippen LogP contribution in [-0.2, 0) is 25.8 Å². The first-order valence-electron chi connectivity index (χ1n) is 11.0. The molecule has 0 atom stereocenters. The molecule has 3 N–H and O–H groups in total. The molecule has 2 heterocycles. The minimum atomic E-state index is -4.78. The molecular weight excluding hydrogens is 566 g/mol. The Kier molecular flexibility index (Phi) is 9.77. The van der Waals surface area contributed by atoms with E-state index in [4.69, 9.17) is 38.4 Å². The van der Waals surface area contributed by atoms with Gasteiger partial charge in [0.25, 0.3) is 5.56 Å². The summed E-state index contributed by atoms with van der Waals surface area (Å²) >= 11 is 12.9. The van der Waals surface area contributed by atoms with Gasteiger partial charge in [0.05, 0.1) is 29.8 Å². The van der Waals surface area contributed by atoms with Crippen molar-refractivity contribution in [2.45, 2.75) is 35.6 Å². The molecule has 1 aliphatic rings. The van der Waals surface area contributed by atoms with Crippen molar-refractivity contribution >= 4 is 41.2 Å². The minimum Gasteiger partial charge on any atom is -0.493 e. The second-order valence-corrected chi connectivity index (χ2v) is 10.0. The van der Waals surface area contributed by atoms with Crippen molar-refractivity contribution in [3.63, 3.8) is 0 Å². The van der Waals surface area contributed by atoms with Crippen LogP contribution in [0.2, 0.25) is 10.0 Å². The molecule has 0 amide bonds. The van der Waals surface area contributed by atoms with Gasteiger partial charge in [-0.1, -0.05) is 41.0 Å². The van der Waals surface area contributed by atoms with E-state index in [0.29, 0.717) is 23.4 Å². The van der Waals surface area contributed by atoms with Crippen molar-refractivity contribution in [2.24, 2.45) is 5.73 Å². The predicted octanol–water partition coefficient (Wildman–Crippen LogP) is 5.77. The second-order valence-electron chi connectivity index (χ2n) is 8.21. The molecule has 13 heteroatoms. The van der Waals surface area contributed by atoms with Crippen molar-refractivity contribution in [3.8, 4) is 11.5 Å². The average Bonchev–Trinajstić information content (AvgIpc) is 3.24. The number of alkyl halides is 3. The molecule has 38 heavy (non-hydrogen) atoms. The Morgan fingerprint density at radius 3 is 2.16 bits per heavy atom. The van der Waals surface area contributed by atoms with E-state index >= 15 is 0 Å². The average molecular weight is 590 g/mol. The molecule has 0 aliphatic carbocycles. The smallest absolute Gasteiger partial charge is 0.431 e. The van der Waals surface area contributed by atoms with Gasteiger partial charge in [-0.25, -0.2) is 0 Å². The summed E-state index contributed by atoms with van der Waals surface area (Å²) < 4.78 is 49.1. The van der Waals surface area contributed by atoms with Gasteiger partial charge in [-0.15, -0.1) is 0 Å². The molecule has 3 aromatic rings. The second kappa shape index (κ2) is 12.4. The number of nitrogens with one attached hydrogen (secondary N) is 1. The van der Waals surface area contributed by atoms with E-state index in [-0.39, 0.29) is 32.7 Å². The zero-order valence-electron chi connectivity index (χ0n) is 20.5. The lowest BCUT2D eigenvalue weighted by atomic mass is 10.1. The van der Waals surface area contributed by atoms with Gasteiger partial charge in [0.2, 0.25) is 0 Å². The SMILES string of the molecule is COc1cc2c(cc1OC)CN(C)C2.NCc1ccc(Cl)c(Sc2cc(C(F)(F)F)[nH]c(=O)c2C=O)c1Cl. The summed E-state index contributed by atoms with van der Waals surface area (Å²) in [5.41, 5.74) is 5.86. The monoisotopic (exact) mass is 589 g/mol. The third-order valence-electron chi connectivity index (χ3n) is 5.60. The van der Waals surface area contributed by atoms with Crippen LogP contribution >= 0.6 is 35.0 Å². The molecule has 0 saturated heterocycles. The lowest BCUT2D eigenvalue weighted by molar-refractivity contribution is -0.141. The van der Waals surface area contributed by atoms with E-state index in [9.17, 15) is 22.8 Å². The summed E-state index contributed by atoms with van der Waals surface area (Å²) in [6, 6.07) is 7.86. The van der Waals surface area contributed by atoms with E-state index < -0.39 is 23.0 Å². The summed E-state index contributed by atoms with van der Waals surface area (Å²) in [5, 5.41) is 0.313. The Morgan fingerprint density at radius 1 is 1.11 bits per heavy atom. The topological polar surface area (TPSA) is 97.7 Å². The fourth-order valence-electron chi connectivity index (χ4n) is 3.72. The predicted molar refractivity (Wildman–Crippen MR) is 141 cm³/mol. The Bertz CT molecular complexity index is 1370. The van der Waals surface area contributed by atoms with E-state index in [1.54, 1.807) is 25.3 Å². The van der Waals surface area contributed by atoms with Crippen LogP contribution in [0.5, 0.6) is 11.5 Å². The highest BCUT2D eigenvalue weighted by molar-refractivity contribution is 7.99. The van der Waals surface area contributed by atoms with Crippen LogP contribution in [0.1, 0.15) is 32.7 Å². The molecule has 0 bridgehead atoms. The molecule has 204 valence electrons. The van der Waals surface area contributed by atoms with Crippen LogP contribution < -0.4 is 20.8 Å². The number of aromatic amines is 1. The summed E-state index contributed by atoms with van der Waals surface area (Å²) in [6.45, 7) is 2.08. The quantitative estimate of drug-likeness (QED) is 0.352. The third kappa shape index (κ3) is 6.65. The number of aromatic nitrogens is 1. The van der Waals surface area contributed by atoms with Gasteiger partial charge in [0, 0.05) is 29.4 Å². The number of aldehydes is 1. The lowest BCUT2D eigenvalue weighted by Crippen LogP contribution is -2.20. The number of nitrogens with two attached hydrogens (primary N) is 1. The van der Waals surface area contributed by atoms with Crippen molar-refractivity contribution in [1.82, 2.24) is 9.88 Å². The maximum Gasteiger partial charge on any atom is 0.431 e. The summed E-state index contributed by atoms with van der Waals surface area (Å²) in [5.74, 6) is 1.64. The molecule has 0 fully saturated rings. The number of carbonyl (C=O) groups is 1. The number of pyridine rings is 1. The maximum absolute atomic E-state index is 12.9. The van der Waals surface area contributed by atoms with Gasteiger partial charge >= 0.3 is 6.18 Å². The Balaban J connectivity index is 0.000000241. The van der Waals surface area contributed by atoms with Crippen LogP contribution in [-0.4, -0.2) is 37.4 Å². The van der Waals surface area contributed by atoms with Gasteiger partial charge in [-0.3, -0.25) is 14.5 Å². The number of hydrogen-bond donors (Lipinski definition) is 2. The molecule has 7 nitrogen and oxygen atoms in total. The highest BCUT2D eigenvalue weighted by Gasteiger charge is 2.33. The number of hydrogen-bond acceptors (Lipinski definition) is 7. The first-order valence-corrected chi connectivity index (χ1v) is 12.6. The fourth-order valence-corrected chi connectivity index (χ4v) is 5.44. The molecule has 0 spiro atoms. The van der Waals surface area contributed by atoms with E-state index in [2.05, 4.69) is 24.1 Å². The Hall–Kier alpha value is -2.70. The first-order chi connectivity index (χ1) is 17.9. The van der Waals surface area contributed by atoms with Gasteiger partial charge in [0.15, 0.2) is 17.8 Å². The number of benzene rings is 2. The standard InChI is InChI=1S/C14H9Cl2F3N2O2S.C11H15NO2/c15-8-2-1-6(4-20)11(16)12(8)24-9-3-10(14(17,18)19)21-13(23)7(9)5-22;1-12-6-8-4-10(13-2)11(14-3)5-9(8)7-12/h1-3,5H,4,20H2,(H,21,23);4-5H,6-7H2,1-3H3. The highest BCUT2D eigenvalue weighted by Crippen LogP contribution is 2.42. The molecule has 1 aromatic heterocycles. The number of carbonyl (C=O) groups excluding carboxylic acids is 1. The largest absolute Gasteiger partial charge is 0.493 e. The number of nitrogens with zero attached hydrogens (tertiary/aromatic N) is 1. The van der Waals surface area contributed by atoms with Crippen LogP contribution in [0.3, 0.4) is 0 Å². The number of fused-ring (bicyclic) bond motifs is 1. The number of methoxy groups -OCH3 is 2. The van der Waals surface area contributed by atoms with Gasteiger partial charge < -0.3 is 20.2 Å². The van der Waals surface area contributed by atoms with E-state index in [0.717, 1.165) is 24.6 Å². The summed E-state index contributed by atoms with van der Waals surface area (Å²) in [6.07, 6.45) is -4.60.